The van der Waals surface area contributed by atoms with E-state index in [0.29, 0.717) is 16.7 Å². The number of aliphatic hydroxyl groups is 1. The van der Waals surface area contributed by atoms with E-state index in [9.17, 15) is 25.5 Å². The molecule has 2 aromatic carbocycles. The average molecular weight is 302 g/mol. The monoisotopic (exact) mass is 302 g/mol. The predicted molar refractivity (Wildman–Crippen MR) is 75.5 cm³/mol. The second kappa shape index (κ2) is 3.98. The number of hydrogen-bond donors (Lipinski definition) is 5. The second-order valence-electron chi connectivity index (χ2n) is 5.89. The zero-order chi connectivity index (χ0) is 15.6. The van der Waals surface area contributed by atoms with Gasteiger partial charge in [-0.25, -0.2) is 0 Å². The summed E-state index contributed by atoms with van der Waals surface area (Å²) in [4.78, 5) is 0. The molecular formula is C16H14O6. The van der Waals surface area contributed by atoms with Crippen LogP contribution in [0.15, 0.2) is 24.3 Å². The fraction of sp³-hybridized carbons (Fsp3) is 0.250. The summed E-state index contributed by atoms with van der Waals surface area (Å²) in [5, 5.41) is 49.8. The van der Waals surface area contributed by atoms with Gasteiger partial charge in [0, 0.05) is 17.9 Å². The van der Waals surface area contributed by atoms with Crippen LogP contribution >= 0.6 is 0 Å². The van der Waals surface area contributed by atoms with Gasteiger partial charge in [0.2, 0.25) is 5.75 Å². The highest BCUT2D eigenvalue weighted by molar-refractivity contribution is 5.63. The van der Waals surface area contributed by atoms with E-state index in [-0.39, 0.29) is 41.8 Å². The van der Waals surface area contributed by atoms with Crippen LogP contribution in [0.25, 0.3) is 0 Å². The van der Waals surface area contributed by atoms with Crippen molar-refractivity contribution in [2.75, 3.05) is 6.61 Å². The van der Waals surface area contributed by atoms with Crippen LogP contribution in [0.2, 0.25) is 0 Å². The molecule has 0 fully saturated rings. The summed E-state index contributed by atoms with van der Waals surface area (Å²) in [6.07, 6.45) is 0.266. The molecule has 0 saturated carbocycles. The molecule has 2 aromatic rings. The Kier molecular flexibility index (Phi) is 2.37. The van der Waals surface area contributed by atoms with Crippen LogP contribution in [0, 0.1) is 0 Å². The van der Waals surface area contributed by atoms with Gasteiger partial charge in [-0.1, -0.05) is 6.07 Å². The smallest absolute Gasteiger partial charge is 0.200 e. The van der Waals surface area contributed by atoms with Crippen molar-refractivity contribution < 1.29 is 30.3 Å². The lowest BCUT2D eigenvalue weighted by molar-refractivity contribution is -0.0228. The third-order valence-electron chi connectivity index (χ3n) is 4.50. The Morgan fingerprint density at radius 3 is 2.45 bits per heavy atom. The van der Waals surface area contributed by atoms with Gasteiger partial charge in [-0.2, -0.15) is 0 Å². The molecule has 114 valence electrons. The molecule has 2 aliphatic rings. The van der Waals surface area contributed by atoms with E-state index < -0.39 is 11.5 Å². The van der Waals surface area contributed by atoms with Crippen molar-refractivity contribution in [2.45, 2.75) is 17.9 Å². The molecule has 0 bridgehead atoms. The molecule has 1 aliphatic carbocycles. The first-order valence-electron chi connectivity index (χ1n) is 6.85. The molecule has 0 saturated heterocycles. The molecule has 6 nitrogen and oxygen atoms in total. The fourth-order valence-electron chi connectivity index (χ4n) is 3.52. The predicted octanol–water partition coefficient (Wildman–Crippen LogP) is 1.32. The summed E-state index contributed by atoms with van der Waals surface area (Å²) in [6.45, 7) is -0.0577. The van der Waals surface area contributed by atoms with E-state index in [1.165, 1.54) is 18.2 Å². The molecule has 4 rings (SSSR count). The SMILES string of the molecule is Oc1cc2c(cc1O)[C@H]1c3ccc(O)c(O)c3OC[C@]1(O)C2. The molecule has 0 unspecified atom stereocenters. The van der Waals surface area contributed by atoms with E-state index in [0.717, 1.165) is 0 Å². The topological polar surface area (TPSA) is 110 Å². The number of aromatic hydroxyl groups is 4. The zero-order valence-corrected chi connectivity index (χ0v) is 11.4. The van der Waals surface area contributed by atoms with Gasteiger partial charge in [-0.05, 0) is 29.3 Å². The molecular weight excluding hydrogens is 288 g/mol. The van der Waals surface area contributed by atoms with Crippen LogP contribution in [0.1, 0.15) is 22.6 Å². The molecule has 5 N–H and O–H groups in total. The Balaban J connectivity index is 1.97. The Morgan fingerprint density at radius 2 is 1.68 bits per heavy atom. The average Bonchev–Trinajstić information content (AvgIpc) is 2.75. The van der Waals surface area contributed by atoms with Crippen molar-refractivity contribution in [3.8, 4) is 28.7 Å². The van der Waals surface area contributed by atoms with Crippen LogP contribution in [-0.4, -0.2) is 37.7 Å². The van der Waals surface area contributed by atoms with Gasteiger partial charge in [-0.15, -0.1) is 0 Å². The number of phenols is 4. The lowest BCUT2D eigenvalue weighted by atomic mass is 9.80. The van der Waals surface area contributed by atoms with E-state index in [1.807, 2.05) is 0 Å². The van der Waals surface area contributed by atoms with Gasteiger partial charge < -0.3 is 30.3 Å². The normalized spacial score (nSPS) is 25.0. The van der Waals surface area contributed by atoms with Crippen LogP contribution in [-0.2, 0) is 6.42 Å². The Morgan fingerprint density at radius 1 is 0.955 bits per heavy atom. The maximum absolute atomic E-state index is 10.9. The summed E-state index contributed by atoms with van der Waals surface area (Å²) >= 11 is 0. The third kappa shape index (κ3) is 1.52. The number of ether oxygens (including phenoxy) is 1. The van der Waals surface area contributed by atoms with E-state index >= 15 is 0 Å². The van der Waals surface area contributed by atoms with Crippen LogP contribution in [0.3, 0.4) is 0 Å². The number of phenolic OH excluding ortho intramolecular Hbond substituents is 4. The van der Waals surface area contributed by atoms with Crippen molar-refractivity contribution in [1.29, 1.82) is 0 Å². The minimum Gasteiger partial charge on any atom is -0.504 e. The summed E-state index contributed by atoms with van der Waals surface area (Å²) in [5.74, 6) is -1.54. The van der Waals surface area contributed by atoms with Gasteiger partial charge in [0.15, 0.2) is 23.0 Å². The van der Waals surface area contributed by atoms with Crippen molar-refractivity contribution in [1.82, 2.24) is 0 Å². The van der Waals surface area contributed by atoms with E-state index in [1.54, 1.807) is 6.07 Å². The van der Waals surface area contributed by atoms with Crippen molar-refractivity contribution in [3.63, 3.8) is 0 Å². The van der Waals surface area contributed by atoms with Crippen LogP contribution < -0.4 is 4.74 Å². The first-order valence-corrected chi connectivity index (χ1v) is 6.85. The highest BCUT2D eigenvalue weighted by atomic mass is 16.5. The first kappa shape index (κ1) is 13.1. The lowest BCUT2D eigenvalue weighted by Crippen LogP contribution is -2.43. The Hall–Kier alpha value is -2.60. The largest absolute Gasteiger partial charge is 0.504 e. The maximum atomic E-state index is 10.9. The highest BCUT2D eigenvalue weighted by Gasteiger charge is 2.51. The van der Waals surface area contributed by atoms with Gasteiger partial charge >= 0.3 is 0 Å². The third-order valence-corrected chi connectivity index (χ3v) is 4.50. The van der Waals surface area contributed by atoms with Gasteiger partial charge in [0.05, 0.1) is 0 Å². The molecule has 0 amide bonds. The summed E-state index contributed by atoms with van der Waals surface area (Å²) < 4.78 is 5.46. The van der Waals surface area contributed by atoms with E-state index in [2.05, 4.69) is 0 Å². The molecule has 1 heterocycles. The van der Waals surface area contributed by atoms with Crippen molar-refractivity contribution in [2.24, 2.45) is 0 Å². The minimum atomic E-state index is -1.22. The number of fused-ring (bicyclic) bond motifs is 5. The molecule has 6 heteroatoms. The highest BCUT2D eigenvalue weighted by Crippen LogP contribution is 2.55. The van der Waals surface area contributed by atoms with Crippen molar-refractivity contribution in [3.05, 3.63) is 41.0 Å². The first-order chi connectivity index (χ1) is 10.4. The Bertz CT molecular complexity index is 800. The number of hydrogen-bond acceptors (Lipinski definition) is 6. The van der Waals surface area contributed by atoms with E-state index in [4.69, 9.17) is 4.74 Å². The van der Waals surface area contributed by atoms with Gasteiger partial charge in [-0.3, -0.25) is 0 Å². The summed E-state index contributed by atoms with van der Waals surface area (Å²) in [6, 6.07) is 5.77. The molecule has 22 heavy (non-hydrogen) atoms. The van der Waals surface area contributed by atoms with Gasteiger partial charge in [0.1, 0.15) is 12.2 Å². The minimum absolute atomic E-state index is 0.0577. The number of benzene rings is 2. The lowest BCUT2D eigenvalue weighted by Gasteiger charge is -2.36. The maximum Gasteiger partial charge on any atom is 0.200 e. The quantitative estimate of drug-likeness (QED) is 0.469. The van der Waals surface area contributed by atoms with Crippen molar-refractivity contribution >= 4 is 0 Å². The van der Waals surface area contributed by atoms with Crippen LogP contribution in [0.5, 0.6) is 28.7 Å². The number of rotatable bonds is 0. The Labute approximate surface area is 125 Å². The fourth-order valence-corrected chi connectivity index (χ4v) is 3.52. The molecule has 0 spiro atoms. The zero-order valence-electron chi connectivity index (χ0n) is 11.4. The molecule has 0 aromatic heterocycles. The summed E-state index contributed by atoms with van der Waals surface area (Å²) in [7, 11) is 0. The van der Waals surface area contributed by atoms with Gasteiger partial charge in [0.25, 0.3) is 0 Å². The summed E-state index contributed by atoms with van der Waals surface area (Å²) in [5.41, 5.74) is 0.700. The van der Waals surface area contributed by atoms with Crippen LogP contribution in [0.4, 0.5) is 0 Å². The molecule has 2 atom stereocenters. The second-order valence-corrected chi connectivity index (χ2v) is 5.89. The molecule has 0 radical (unpaired) electrons. The standard InChI is InChI=1S/C16H14O6/c17-10-2-1-8-13-9-4-12(19)11(18)3-7(9)5-16(13,21)6-22-15(8)14(10)20/h1-4,13,17-21H,5-6H2/t13-,16-/m1/s1. The molecule has 1 aliphatic heterocycles.